The highest BCUT2D eigenvalue weighted by molar-refractivity contribution is 5.94. The lowest BCUT2D eigenvalue weighted by atomic mass is 10.1. The predicted octanol–water partition coefficient (Wildman–Crippen LogP) is 2.82. The maximum absolute atomic E-state index is 12.9. The Morgan fingerprint density at radius 3 is 2.34 bits per heavy atom. The summed E-state index contributed by atoms with van der Waals surface area (Å²) in [4.78, 5) is 35.0. The summed E-state index contributed by atoms with van der Waals surface area (Å²) in [5.41, 5.74) is 1.77. The highest BCUT2D eigenvalue weighted by Crippen LogP contribution is 2.21. The molecule has 3 heterocycles. The van der Waals surface area contributed by atoms with E-state index in [0.717, 1.165) is 50.3 Å². The van der Waals surface area contributed by atoms with Gasteiger partial charge in [0.1, 0.15) is 11.9 Å². The van der Waals surface area contributed by atoms with Gasteiger partial charge in [0.05, 0.1) is 5.69 Å². The van der Waals surface area contributed by atoms with E-state index < -0.39 is 0 Å². The SMILES string of the molecule is CC(=O)N1CCCN(C(=O)c2ccc(OC3CCN(Cc4ccccn4)CC3)cc2)CC1. The molecule has 2 aromatic rings. The van der Waals surface area contributed by atoms with Crippen LogP contribution in [-0.2, 0) is 11.3 Å². The molecule has 0 bridgehead atoms. The fraction of sp³-hybridized carbons (Fsp3) is 0.480. The van der Waals surface area contributed by atoms with Gasteiger partial charge < -0.3 is 14.5 Å². The van der Waals surface area contributed by atoms with E-state index in [1.165, 1.54) is 0 Å². The number of ether oxygens (including phenoxy) is 1. The van der Waals surface area contributed by atoms with Gasteiger partial charge in [0, 0.05) is 64.5 Å². The monoisotopic (exact) mass is 436 g/mol. The lowest BCUT2D eigenvalue weighted by Gasteiger charge is -2.32. The van der Waals surface area contributed by atoms with E-state index in [0.29, 0.717) is 31.7 Å². The van der Waals surface area contributed by atoms with Crippen molar-refractivity contribution in [2.75, 3.05) is 39.3 Å². The van der Waals surface area contributed by atoms with E-state index in [2.05, 4.69) is 16.0 Å². The molecule has 1 aromatic heterocycles. The number of likely N-dealkylation sites (tertiary alicyclic amines) is 1. The Morgan fingerprint density at radius 2 is 1.66 bits per heavy atom. The molecule has 2 fully saturated rings. The van der Waals surface area contributed by atoms with Gasteiger partial charge in [-0.25, -0.2) is 0 Å². The van der Waals surface area contributed by atoms with Gasteiger partial charge >= 0.3 is 0 Å². The molecule has 0 unspecified atom stereocenters. The standard InChI is InChI=1S/C25H32N4O3/c1-20(30)28-13-4-14-29(18-17-28)25(31)21-6-8-23(9-7-21)32-24-10-15-27(16-11-24)19-22-5-2-3-12-26-22/h2-3,5-9,12,24H,4,10-11,13-19H2,1H3. The van der Waals surface area contributed by atoms with Crippen LogP contribution in [0, 0.1) is 0 Å². The summed E-state index contributed by atoms with van der Waals surface area (Å²) in [6.07, 6.45) is 4.81. The second-order valence-electron chi connectivity index (χ2n) is 8.59. The molecule has 1 aromatic carbocycles. The van der Waals surface area contributed by atoms with Crippen molar-refractivity contribution in [2.45, 2.75) is 38.8 Å². The Labute approximate surface area is 190 Å². The van der Waals surface area contributed by atoms with Gasteiger partial charge in [-0.05, 0) is 55.7 Å². The number of nitrogens with zero attached hydrogens (tertiary/aromatic N) is 4. The Morgan fingerprint density at radius 1 is 0.938 bits per heavy atom. The number of pyridine rings is 1. The minimum atomic E-state index is 0.0183. The van der Waals surface area contributed by atoms with Crippen LogP contribution in [0.15, 0.2) is 48.7 Å². The molecule has 32 heavy (non-hydrogen) atoms. The second kappa shape index (κ2) is 10.6. The molecule has 0 aliphatic carbocycles. The third-order valence-electron chi connectivity index (χ3n) is 6.28. The first-order chi connectivity index (χ1) is 15.6. The summed E-state index contributed by atoms with van der Waals surface area (Å²) in [5.74, 6) is 0.900. The summed E-state index contributed by atoms with van der Waals surface area (Å²) in [6, 6.07) is 13.5. The number of benzene rings is 1. The molecule has 0 spiro atoms. The van der Waals surface area contributed by atoms with Crippen LogP contribution in [0.4, 0.5) is 0 Å². The summed E-state index contributed by atoms with van der Waals surface area (Å²) in [5, 5.41) is 0. The first-order valence-corrected chi connectivity index (χ1v) is 11.5. The lowest BCUT2D eigenvalue weighted by molar-refractivity contribution is -0.128. The molecule has 0 saturated carbocycles. The molecule has 4 rings (SSSR count). The van der Waals surface area contributed by atoms with Crippen molar-refractivity contribution < 1.29 is 14.3 Å². The molecule has 0 N–H and O–H groups in total. The highest BCUT2D eigenvalue weighted by Gasteiger charge is 2.23. The molecule has 2 amide bonds. The fourth-order valence-electron chi connectivity index (χ4n) is 4.39. The van der Waals surface area contributed by atoms with E-state index in [-0.39, 0.29) is 17.9 Å². The highest BCUT2D eigenvalue weighted by atomic mass is 16.5. The van der Waals surface area contributed by atoms with Gasteiger partial charge in [-0.15, -0.1) is 0 Å². The Hall–Kier alpha value is -2.93. The zero-order valence-corrected chi connectivity index (χ0v) is 18.8. The maximum Gasteiger partial charge on any atom is 0.253 e. The third kappa shape index (κ3) is 5.85. The first-order valence-electron chi connectivity index (χ1n) is 11.5. The van der Waals surface area contributed by atoms with Crippen molar-refractivity contribution in [1.82, 2.24) is 19.7 Å². The van der Waals surface area contributed by atoms with Crippen molar-refractivity contribution in [3.8, 4) is 5.75 Å². The molecule has 170 valence electrons. The lowest BCUT2D eigenvalue weighted by Crippen LogP contribution is -2.38. The van der Waals surface area contributed by atoms with Crippen LogP contribution in [-0.4, -0.2) is 76.9 Å². The molecule has 2 saturated heterocycles. The largest absolute Gasteiger partial charge is 0.490 e. The van der Waals surface area contributed by atoms with E-state index in [9.17, 15) is 9.59 Å². The molecule has 2 aliphatic heterocycles. The number of piperidine rings is 1. The molecule has 2 aliphatic rings. The number of carbonyl (C=O) groups excluding carboxylic acids is 2. The van der Waals surface area contributed by atoms with Gasteiger partial charge in [0.2, 0.25) is 5.91 Å². The van der Waals surface area contributed by atoms with Gasteiger partial charge in [0.25, 0.3) is 5.91 Å². The average Bonchev–Trinajstić information content (AvgIpc) is 3.08. The Kier molecular flexibility index (Phi) is 7.37. The minimum Gasteiger partial charge on any atom is -0.490 e. The van der Waals surface area contributed by atoms with Crippen molar-refractivity contribution in [1.29, 1.82) is 0 Å². The molecular weight excluding hydrogens is 404 g/mol. The van der Waals surface area contributed by atoms with Crippen LogP contribution in [0.1, 0.15) is 42.2 Å². The van der Waals surface area contributed by atoms with Crippen molar-refractivity contribution in [2.24, 2.45) is 0 Å². The van der Waals surface area contributed by atoms with E-state index >= 15 is 0 Å². The van der Waals surface area contributed by atoms with Crippen LogP contribution < -0.4 is 4.74 Å². The van der Waals surface area contributed by atoms with Gasteiger partial charge in [-0.1, -0.05) is 6.07 Å². The van der Waals surface area contributed by atoms with E-state index in [4.69, 9.17) is 4.74 Å². The van der Waals surface area contributed by atoms with Crippen molar-refractivity contribution >= 4 is 11.8 Å². The van der Waals surface area contributed by atoms with Gasteiger partial charge in [-0.2, -0.15) is 0 Å². The molecule has 0 atom stereocenters. The van der Waals surface area contributed by atoms with Gasteiger partial charge in [0.15, 0.2) is 0 Å². The van der Waals surface area contributed by atoms with Crippen LogP contribution in [0.5, 0.6) is 5.75 Å². The predicted molar refractivity (Wildman–Crippen MR) is 122 cm³/mol. The molecule has 7 nitrogen and oxygen atoms in total. The number of aromatic nitrogens is 1. The topological polar surface area (TPSA) is 66.0 Å². The number of hydrogen-bond donors (Lipinski definition) is 0. The summed E-state index contributed by atoms with van der Waals surface area (Å²) in [6.45, 7) is 7.01. The summed E-state index contributed by atoms with van der Waals surface area (Å²) < 4.78 is 6.18. The molecule has 0 radical (unpaired) electrons. The second-order valence-corrected chi connectivity index (χ2v) is 8.59. The third-order valence-corrected chi connectivity index (χ3v) is 6.28. The van der Waals surface area contributed by atoms with Crippen LogP contribution in [0.3, 0.4) is 0 Å². The summed E-state index contributed by atoms with van der Waals surface area (Å²) in [7, 11) is 0. The van der Waals surface area contributed by atoms with Crippen molar-refractivity contribution in [3.05, 3.63) is 59.9 Å². The average molecular weight is 437 g/mol. The zero-order valence-electron chi connectivity index (χ0n) is 18.8. The van der Waals surface area contributed by atoms with Gasteiger partial charge in [-0.3, -0.25) is 19.5 Å². The normalized spacial score (nSPS) is 18.3. The minimum absolute atomic E-state index is 0.0183. The van der Waals surface area contributed by atoms with E-state index in [1.54, 1.807) is 6.92 Å². The maximum atomic E-state index is 12.9. The Bertz CT molecular complexity index is 895. The van der Waals surface area contributed by atoms with Crippen LogP contribution in [0.2, 0.25) is 0 Å². The Balaban J connectivity index is 1.25. The van der Waals surface area contributed by atoms with Crippen molar-refractivity contribution in [3.63, 3.8) is 0 Å². The summed E-state index contributed by atoms with van der Waals surface area (Å²) >= 11 is 0. The number of amides is 2. The van der Waals surface area contributed by atoms with E-state index in [1.807, 2.05) is 52.4 Å². The molecule has 7 heteroatoms. The first kappa shape index (κ1) is 22.3. The number of carbonyl (C=O) groups is 2. The molecular formula is C25H32N4O3. The van der Waals surface area contributed by atoms with Crippen LogP contribution in [0.25, 0.3) is 0 Å². The quantitative estimate of drug-likeness (QED) is 0.721. The smallest absolute Gasteiger partial charge is 0.253 e. The zero-order chi connectivity index (χ0) is 22.3. The fourth-order valence-corrected chi connectivity index (χ4v) is 4.39. The van der Waals surface area contributed by atoms with Crippen LogP contribution >= 0.6 is 0 Å². The number of hydrogen-bond acceptors (Lipinski definition) is 5. The number of rotatable bonds is 5.